The van der Waals surface area contributed by atoms with E-state index in [4.69, 9.17) is 9.47 Å². The Labute approximate surface area is 138 Å². The zero-order chi connectivity index (χ0) is 17.0. The monoisotopic (exact) mass is 312 g/mol. The highest BCUT2D eigenvalue weighted by Crippen LogP contribution is 2.28. The molecule has 3 heteroatoms. The fourth-order valence-electron chi connectivity index (χ4n) is 2.30. The van der Waals surface area contributed by atoms with Crippen molar-refractivity contribution in [2.75, 3.05) is 6.61 Å². The summed E-state index contributed by atoms with van der Waals surface area (Å²) < 4.78 is 11.1. The van der Waals surface area contributed by atoms with Gasteiger partial charge in [-0.05, 0) is 48.6 Å². The molecule has 2 aromatic carbocycles. The van der Waals surface area contributed by atoms with Gasteiger partial charge < -0.3 is 9.47 Å². The van der Waals surface area contributed by atoms with Gasteiger partial charge in [0.15, 0.2) is 0 Å². The average molecular weight is 312 g/mol. The summed E-state index contributed by atoms with van der Waals surface area (Å²) in [6, 6.07) is 13.1. The Bertz CT molecular complexity index is 696. The molecule has 0 radical (unpaired) electrons. The summed E-state index contributed by atoms with van der Waals surface area (Å²) in [6.45, 7) is 10.8. The van der Waals surface area contributed by atoms with E-state index in [1.54, 1.807) is 18.2 Å². The molecule has 0 aliphatic rings. The number of hydrogen-bond acceptors (Lipinski definition) is 3. The van der Waals surface area contributed by atoms with Crippen LogP contribution in [0.15, 0.2) is 42.5 Å². The first-order valence-electron chi connectivity index (χ1n) is 7.88. The molecule has 23 heavy (non-hydrogen) atoms. The topological polar surface area (TPSA) is 35.5 Å². The smallest absolute Gasteiger partial charge is 0.347 e. The van der Waals surface area contributed by atoms with Crippen molar-refractivity contribution >= 4 is 5.97 Å². The van der Waals surface area contributed by atoms with Crippen LogP contribution in [0, 0.1) is 6.92 Å². The van der Waals surface area contributed by atoms with Crippen LogP contribution in [0.3, 0.4) is 0 Å². The average Bonchev–Trinajstić information content (AvgIpc) is 2.49. The van der Waals surface area contributed by atoms with E-state index in [9.17, 15) is 4.79 Å². The van der Waals surface area contributed by atoms with Crippen molar-refractivity contribution in [3.8, 4) is 11.5 Å². The Kier molecular flexibility index (Phi) is 5.09. The Balaban J connectivity index is 2.24. The molecule has 0 aliphatic carbocycles. The zero-order valence-corrected chi connectivity index (χ0v) is 14.5. The van der Waals surface area contributed by atoms with Gasteiger partial charge in [0.1, 0.15) is 17.1 Å². The van der Waals surface area contributed by atoms with Gasteiger partial charge in [0, 0.05) is 0 Å². The van der Waals surface area contributed by atoms with Gasteiger partial charge in [-0.2, -0.15) is 0 Å². The number of aryl methyl sites for hydroxylation is 1. The van der Waals surface area contributed by atoms with E-state index in [2.05, 4.69) is 26.8 Å². The first-order valence-corrected chi connectivity index (χ1v) is 7.88. The van der Waals surface area contributed by atoms with Gasteiger partial charge in [-0.15, -0.1) is 0 Å². The zero-order valence-electron chi connectivity index (χ0n) is 14.5. The Hall–Kier alpha value is -2.29. The Morgan fingerprint density at radius 3 is 2.35 bits per heavy atom. The first-order chi connectivity index (χ1) is 10.8. The highest BCUT2D eigenvalue weighted by molar-refractivity contribution is 5.94. The standard InChI is InChI=1S/C20H24O3/c1-6-22-18-10-8-7-9-16(18)19(21)23-17-12-11-15(13-14(17)2)20(3,4)5/h7-13H,6H2,1-5H3. The lowest BCUT2D eigenvalue weighted by Crippen LogP contribution is -2.13. The van der Waals surface area contributed by atoms with Crippen molar-refractivity contribution in [1.82, 2.24) is 0 Å². The Morgan fingerprint density at radius 1 is 1.04 bits per heavy atom. The van der Waals surface area contributed by atoms with E-state index in [-0.39, 0.29) is 5.41 Å². The van der Waals surface area contributed by atoms with E-state index in [0.29, 0.717) is 23.7 Å². The van der Waals surface area contributed by atoms with Crippen LogP contribution in [-0.2, 0) is 5.41 Å². The second-order valence-corrected chi connectivity index (χ2v) is 6.55. The van der Waals surface area contributed by atoms with Crippen LogP contribution < -0.4 is 9.47 Å². The van der Waals surface area contributed by atoms with Crippen molar-refractivity contribution in [2.45, 2.75) is 40.0 Å². The summed E-state index contributed by atoms with van der Waals surface area (Å²) in [5.74, 6) is 0.721. The fraction of sp³-hybridized carbons (Fsp3) is 0.350. The van der Waals surface area contributed by atoms with Crippen LogP contribution in [0.25, 0.3) is 0 Å². The molecule has 0 amide bonds. The number of ether oxygens (including phenoxy) is 2. The fourth-order valence-corrected chi connectivity index (χ4v) is 2.30. The molecule has 0 fully saturated rings. The van der Waals surface area contributed by atoms with E-state index >= 15 is 0 Å². The van der Waals surface area contributed by atoms with Gasteiger partial charge in [0.05, 0.1) is 6.61 Å². The molecular formula is C20H24O3. The summed E-state index contributed by atoms with van der Waals surface area (Å²) >= 11 is 0. The third-order valence-corrected chi connectivity index (χ3v) is 3.65. The summed E-state index contributed by atoms with van der Waals surface area (Å²) in [6.07, 6.45) is 0. The molecule has 0 aliphatic heterocycles. The minimum Gasteiger partial charge on any atom is -0.493 e. The van der Waals surface area contributed by atoms with Gasteiger partial charge >= 0.3 is 5.97 Å². The molecule has 0 bridgehead atoms. The van der Waals surface area contributed by atoms with Gasteiger partial charge in [0.25, 0.3) is 0 Å². The SMILES string of the molecule is CCOc1ccccc1C(=O)Oc1ccc(C(C)(C)C)cc1C. The highest BCUT2D eigenvalue weighted by Gasteiger charge is 2.18. The minimum atomic E-state index is -0.402. The van der Waals surface area contributed by atoms with Crippen molar-refractivity contribution in [2.24, 2.45) is 0 Å². The minimum absolute atomic E-state index is 0.0643. The predicted molar refractivity (Wildman–Crippen MR) is 92.4 cm³/mol. The molecule has 0 spiro atoms. The van der Waals surface area contributed by atoms with E-state index < -0.39 is 5.97 Å². The molecule has 0 N–H and O–H groups in total. The number of esters is 1. The van der Waals surface area contributed by atoms with Crippen molar-refractivity contribution in [1.29, 1.82) is 0 Å². The summed E-state index contributed by atoms with van der Waals surface area (Å²) in [4.78, 5) is 12.4. The molecule has 3 nitrogen and oxygen atoms in total. The van der Waals surface area contributed by atoms with Crippen LogP contribution in [0.4, 0.5) is 0 Å². The molecule has 0 unspecified atom stereocenters. The quantitative estimate of drug-likeness (QED) is 0.594. The van der Waals surface area contributed by atoms with Crippen LogP contribution in [0.2, 0.25) is 0 Å². The lowest BCUT2D eigenvalue weighted by atomic mass is 9.86. The number of rotatable bonds is 4. The highest BCUT2D eigenvalue weighted by atomic mass is 16.5. The summed E-state index contributed by atoms with van der Waals surface area (Å²) in [5, 5.41) is 0. The molecule has 122 valence electrons. The third kappa shape index (κ3) is 4.13. The van der Waals surface area contributed by atoms with E-state index in [1.165, 1.54) is 5.56 Å². The molecule has 2 rings (SSSR count). The number of benzene rings is 2. The molecule has 0 aromatic heterocycles. The predicted octanol–water partition coefficient (Wildman–Crippen LogP) is 4.91. The van der Waals surface area contributed by atoms with Crippen molar-refractivity contribution < 1.29 is 14.3 Å². The molecule has 0 saturated heterocycles. The largest absolute Gasteiger partial charge is 0.493 e. The molecular weight excluding hydrogens is 288 g/mol. The lowest BCUT2D eigenvalue weighted by Gasteiger charge is -2.20. The van der Waals surface area contributed by atoms with Gasteiger partial charge in [0.2, 0.25) is 0 Å². The van der Waals surface area contributed by atoms with Crippen molar-refractivity contribution in [3.63, 3.8) is 0 Å². The first kappa shape index (κ1) is 17.1. The van der Waals surface area contributed by atoms with Gasteiger partial charge in [-0.25, -0.2) is 4.79 Å². The van der Waals surface area contributed by atoms with E-state index in [0.717, 1.165) is 5.56 Å². The maximum absolute atomic E-state index is 12.4. The van der Waals surface area contributed by atoms with Crippen molar-refractivity contribution in [3.05, 3.63) is 59.2 Å². The number of hydrogen-bond donors (Lipinski definition) is 0. The van der Waals surface area contributed by atoms with E-state index in [1.807, 2.05) is 32.0 Å². The van der Waals surface area contributed by atoms with Crippen LogP contribution in [0.5, 0.6) is 11.5 Å². The second-order valence-electron chi connectivity index (χ2n) is 6.55. The second kappa shape index (κ2) is 6.86. The lowest BCUT2D eigenvalue weighted by molar-refractivity contribution is 0.0729. The van der Waals surface area contributed by atoms with Gasteiger partial charge in [-0.3, -0.25) is 0 Å². The van der Waals surface area contributed by atoms with Crippen LogP contribution in [-0.4, -0.2) is 12.6 Å². The summed E-state index contributed by atoms with van der Waals surface area (Å²) in [7, 11) is 0. The third-order valence-electron chi connectivity index (χ3n) is 3.65. The van der Waals surface area contributed by atoms with Crippen LogP contribution in [0.1, 0.15) is 49.2 Å². The molecule has 0 heterocycles. The number of para-hydroxylation sites is 1. The number of carbonyl (C=O) groups is 1. The molecule has 0 atom stereocenters. The van der Waals surface area contributed by atoms with Gasteiger partial charge in [-0.1, -0.05) is 45.0 Å². The molecule has 2 aromatic rings. The van der Waals surface area contributed by atoms with Crippen LogP contribution >= 0.6 is 0 Å². The maximum Gasteiger partial charge on any atom is 0.347 e. The molecule has 0 saturated carbocycles. The Morgan fingerprint density at radius 2 is 1.74 bits per heavy atom. The normalized spacial score (nSPS) is 11.2. The maximum atomic E-state index is 12.4. The number of carbonyl (C=O) groups excluding carboxylic acids is 1. The summed E-state index contributed by atoms with van der Waals surface area (Å²) in [5.41, 5.74) is 2.66.